The van der Waals surface area contributed by atoms with Crippen LogP contribution in [0.4, 0.5) is 9.59 Å². The number of primary amides is 4. The van der Waals surface area contributed by atoms with E-state index >= 15 is 0 Å². The van der Waals surface area contributed by atoms with E-state index in [-0.39, 0.29) is 162 Å². The first kappa shape index (κ1) is 57.7. The predicted molar refractivity (Wildman–Crippen MR) is 60.0 cm³/mol. The van der Waals surface area contributed by atoms with Crippen molar-refractivity contribution in [2.45, 2.75) is 0 Å². The minimum absolute atomic E-state index is 0. The monoisotopic (exact) mass is 400 g/mol. The molecule has 98 valence electrons. The second kappa shape index (κ2) is 49.8. The Morgan fingerprint density at radius 3 is 0.778 bits per heavy atom. The first-order valence-corrected chi connectivity index (χ1v) is 3.00. The van der Waals surface area contributed by atoms with Crippen LogP contribution in [0.1, 0.15) is 0 Å². The second-order valence-electron chi connectivity index (χ2n) is 1.01. The zero-order chi connectivity index (χ0) is 10.7. The molecule has 16 heteroatoms. The van der Waals surface area contributed by atoms with E-state index in [0.717, 1.165) is 0 Å². The summed E-state index contributed by atoms with van der Waals surface area (Å²) in [7, 11) is -2.60. The van der Waals surface area contributed by atoms with E-state index in [1.807, 2.05) is 0 Å². The van der Waals surface area contributed by atoms with E-state index in [0.29, 0.717) is 0 Å². The fourth-order valence-corrected chi connectivity index (χ4v) is 0. The van der Waals surface area contributed by atoms with Gasteiger partial charge in [0.05, 0.1) is 0 Å². The van der Waals surface area contributed by atoms with Crippen LogP contribution in [0.25, 0.3) is 0 Å². The summed E-state index contributed by atoms with van der Waals surface area (Å²) in [5.41, 5.74) is 17.0. The van der Waals surface area contributed by atoms with Gasteiger partial charge in [-0.2, -0.15) is 0 Å². The molecule has 0 aromatic carbocycles. The number of carbonyl (C=O) groups excluding carboxylic acids is 2. The molecular weight excluding hydrogens is 388 g/mol. The van der Waals surface area contributed by atoms with Crippen LogP contribution < -0.4 is 32.3 Å². The Bertz CT molecular complexity index is 122. The van der Waals surface area contributed by atoms with Crippen molar-refractivity contribution in [2.24, 2.45) is 22.9 Å². The van der Waals surface area contributed by atoms with Crippen molar-refractivity contribution < 1.29 is 45.3 Å². The first-order chi connectivity index (χ1) is 5.20. The maximum absolute atomic E-state index is 9.00. The number of nitrogens with two attached hydrogens (primary N) is 4. The number of hydrogen-bond acceptors (Lipinski definition) is 5. The van der Waals surface area contributed by atoms with E-state index < -0.39 is 22.8 Å². The SMILES string of the molecule is NC(N)=O.NC(N)=O.O.O.[Ca].[Ca].[Ca].[Ca].[O-][Cl+2]([O-])O. The largest absolute Gasteiger partial charge is 0.412 e. The minimum Gasteiger partial charge on any atom is -0.412 e. The molecule has 0 aliphatic rings. The van der Waals surface area contributed by atoms with Crippen LogP contribution in [0.5, 0.6) is 0 Å². The third-order valence-electron chi connectivity index (χ3n) is 0. The van der Waals surface area contributed by atoms with Gasteiger partial charge in [-0.3, -0.25) is 0 Å². The summed E-state index contributed by atoms with van der Waals surface area (Å²) in [6.45, 7) is 0. The van der Waals surface area contributed by atoms with Gasteiger partial charge in [0, 0.05) is 156 Å². The van der Waals surface area contributed by atoms with Crippen molar-refractivity contribution in [3.05, 3.63) is 0 Å². The maximum Gasteiger partial charge on any atom is 0.309 e. The van der Waals surface area contributed by atoms with Crippen molar-refractivity contribution in [2.75, 3.05) is 0 Å². The zero-order valence-electron chi connectivity index (χ0n) is 9.60. The molecule has 0 atom stereocenters. The molecule has 0 fully saturated rings. The molecule has 0 aromatic heterocycles. The summed E-state index contributed by atoms with van der Waals surface area (Å²) in [5.74, 6) is 0. The number of hydrogen-bond donors (Lipinski definition) is 5. The van der Waals surface area contributed by atoms with Gasteiger partial charge in [-0.1, -0.05) is 0 Å². The molecule has 0 spiro atoms. The molecule has 4 amide bonds. The molecule has 8 radical (unpaired) electrons. The molecule has 13 N–H and O–H groups in total. The molecule has 0 rings (SSSR count). The van der Waals surface area contributed by atoms with E-state index in [2.05, 4.69) is 22.9 Å². The van der Waals surface area contributed by atoms with Gasteiger partial charge >= 0.3 is 12.1 Å². The van der Waals surface area contributed by atoms with Crippen LogP contribution in [0.15, 0.2) is 0 Å². The molecule has 0 heterocycles. The number of rotatable bonds is 0. The predicted octanol–water partition coefficient (Wildman–Crippen LogP) is -8.06. The van der Waals surface area contributed by atoms with Gasteiger partial charge in [0.1, 0.15) is 0 Å². The molecule has 0 saturated carbocycles. The Morgan fingerprint density at radius 1 is 0.778 bits per heavy atom. The third-order valence-corrected chi connectivity index (χ3v) is 0. The van der Waals surface area contributed by atoms with Crippen molar-refractivity contribution in [1.82, 2.24) is 0 Å². The third kappa shape index (κ3) is 509. The Hall–Kier alpha value is 3.67. The van der Waals surface area contributed by atoms with Gasteiger partial charge in [-0.15, -0.1) is 0 Å². The average Bonchev–Trinajstić information content (AvgIpc) is 1.54. The zero-order valence-corrected chi connectivity index (χ0v) is 19.2. The van der Waals surface area contributed by atoms with E-state index in [1.54, 1.807) is 0 Å². The molecule has 0 aliphatic heterocycles. The quantitative estimate of drug-likeness (QED) is 0.247. The molecule has 11 nitrogen and oxygen atoms in total. The smallest absolute Gasteiger partial charge is 0.309 e. The van der Waals surface area contributed by atoms with Crippen molar-refractivity contribution in [3.63, 3.8) is 0 Å². The standard InChI is InChI=1S/2CH4N2O.4Ca.ClHO3.2H2O/c2*2-1(3)4;;;;;2-1(3)4;;/h2*(H4,2,3,4);;;;;2H;2*1H2. The molecule has 0 unspecified atom stereocenters. The van der Waals surface area contributed by atoms with Gasteiger partial charge in [0.25, 0.3) is 10.8 Å². The number of halogens is 1. The number of carbonyl (C=O) groups is 2. The number of amides is 4. The summed E-state index contributed by atoms with van der Waals surface area (Å²) < 4.78 is 24.0. The molecule has 0 saturated heterocycles. The summed E-state index contributed by atoms with van der Waals surface area (Å²) in [5, 5.41) is 0. The van der Waals surface area contributed by atoms with Crippen LogP contribution in [0.3, 0.4) is 0 Å². The summed E-state index contributed by atoms with van der Waals surface area (Å²) in [4.78, 5) is 18.0. The molecule has 0 aliphatic carbocycles. The van der Waals surface area contributed by atoms with Crippen LogP contribution >= 0.6 is 0 Å². The Morgan fingerprint density at radius 2 is 0.778 bits per heavy atom. The van der Waals surface area contributed by atoms with Crippen molar-refractivity contribution in [3.8, 4) is 0 Å². The minimum atomic E-state index is -2.60. The molecule has 0 aromatic rings. The normalized spacial score (nSPS) is 4.67. The van der Waals surface area contributed by atoms with Gasteiger partial charge in [0.15, 0.2) is 0 Å². The van der Waals surface area contributed by atoms with Crippen LogP contribution in [0.2, 0.25) is 0 Å². The summed E-state index contributed by atoms with van der Waals surface area (Å²) in [6.07, 6.45) is 0. The Balaban J connectivity index is -0.00000000827. The fraction of sp³-hybridized carbons (Fsp3) is 0. The van der Waals surface area contributed by atoms with E-state index in [1.165, 1.54) is 0 Å². The van der Waals surface area contributed by atoms with Gasteiger partial charge in [-0.05, 0) is 0 Å². The van der Waals surface area contributed by atoms with Gasteiger partial charge in [0.2, 0.25) is 0 Å². The summed E-state index contributed by atoms with van der Waals surface area (Å²) in [6, 6.07) is -1.67. The second-order valence-corrected chi connectivity index (χ2v) is 1.41. The first-order valence-electron chi connectivity index (χ1n) is 2.04. The summed E-state index contributed by atoms with van der Waals surface area (Å²) >= 11 is 0. The van der Waals surface area contributed by atoms with Crippen molar-refractivity contribution >= 4 is 163 Å². The van der Waals surface area contributed by atoms with Gasteiger partial charge in [-0.25, -0.2) is 9.59 Å². The molecule has 18 heavy (non-hydrogen) atoms. The maximum atomic E-state index is 9.00. The average molecular weight is 401 g/mol. The molecular formula is C2H13Ca4ClN4O7. The van der Waals surface area contributed by atoms with Crippen LogP contribution in [-0.4, -0.2) is 179 Å². The Labute approximate surface area is 226 Å². The number of urea groups is 2. The Kier molecular flexibility index (Phi) is 160. The van der Waals surface area contributed by atoms with Crippen LogP contribution in [-0.2, 0) is 0 Å². The fourth-order valence-electron chi connectivity index (χ4n) is 0. The van der Waals surface area contributed by atoms with Crippen LogP contribution in [0, 0.1) is 10.8 Å². The van der Waals surface area contributed by atoms with Crippen molar-refractivity contribution in [1.29, 1.82) is 0 Å². The topological polar surface area (TPSA) is 268 Å². The van der Waals surface area contributed by atoms with E-state index in [4.69, 9.17) is 23.6 Å². The van der Waals surface area contributed by atoms with E-state index in [9.17, 15) is 0 Å². The molecule has 0 bridgehead atoms. The van der Waals surface area contributed by atoms with Gasteiger partial charge < -0.3 is 43.2 Å².